The monoisotopic (exact) mass is 640 g/mol. The van der Waals surface area contributed by atoms with Crippen molar-refractivity contribution in [2.45, 2.75) is 110 Å². The van der Waals surface area contributed by atoms with Gasteiger partial charge in [-0.25, -0.2) is 16.8 Å². The van der Waals surface area contributed by atoms with Gasteiger partial charge in [-0.3, -0.25) is 8.37 Å². The molecule has 14 heteroatoms. The molecule has 0 spiro atoms. The van der Waals surface area contributed by atoms with E-state index in [0.717, 1.165) is 38.5 Å². The van der Waals surface area contributed by atoms with Crippen molar-refractivity contribution in [1.29, 1.82) is 0 Å². The van der Waals surface area contributed by atoms with Crippen molar-refractivity contribution in [2.75, 3.05) is 6.61 Å². The van der Waals surface area contributed by atoms with Gasteiger partial charge < -0.3 is 19.3 Å². The molecule has 4 fully saturated rings. The molecule has 0 aliphatic heterocycles. The van der Waals surface area contributed by atoms with Crippen molar-refractivity contribution in [3.63, 3.8) is 0 Å². The molecule has 4 saturated carbocycles. The molecule has 0 heterocycles. The van der Waals surface area contributed by atoms with Gasteiger partial charge in [0.05, 0.1) is 18.8 Å². The summed E-state index contributed by atoms with van der Waals surface area (Å²) in [7, 11) is -9.74. The summed E-state index contributed by atoms with van der Waals surface area (Å²) in [6.45, 7) is 8.45. The van der Waals surface area contributed by atoms with E-state index in [9.17, 15) is 36.2 Å². The van der Waals surface area contributed by atoms with Crippen LogP contribution in [0.1, 0.15) is 91.9 Å². The Hall–Kier alpha value is 1.66. The van der Waals surface area contributed by atoms with E-state index in [-0.39, 0.29) is 107 Å². The van der Waals surface area contributed by atoms with Crippen molar-refractivity contribution in [1.82, 2.24) is 0 Å². The van der Waals surface area contributed by atoms with Gasteiger partial charge in [0, 0.05) is 0 Å². The van der Waals surface area contributed by atoms with Crippen LogP contribution in [0.15, 0.2) is 0 Å². The molecule has 0 unspecified atom stereocenters. The predicted molar refractivity (Wildman–Crippen MR) is 140 cm³/mol. The van der Waals surface area contributed by atoms with E-state index < -0.39 is 44.5 Å². The van der Waals surface area contributed by atoms with E-state index in [1.807, 2.05) is 0 Å². The molecule has 0 amide bonds. The third-order valence-electron chi connectivity index (χ3n) is 11.3. The minimum atomic E-state index is -4.94. The van der Waals surface area contributed by atoms with E-state index in [1.165, 1.54) is 0 Å². The molecule has 0 bridgehead atoms. The van der Waals surface area contributed by atoms with Gasteiger partial charge in [0.2, 0.25) is 20.8 Å². The Kier molecular flexibility index (Phi) is 13.8. The summed E-state index contributed by atoms with van der Waals surface area (Å²) >= 11 is 0. The summed E-state index contributed by atoms with van der Waals surface area (Å²) in [6, 6.07) is 0. The van der Waals surface area contributed by atoms with E-state index in [0.29, 0.717) is 31.1 Å². The van der Waals surface area contributed by atoms with Gasteiger partial charge in [0.15, 0.2) is 0 Å². The third kappa shape index (κ3) is 8.53. The Morgan fingerprint density at radius 1 is 0.878 bits per heavy atom. The maximum Gasteiger partial charge on any atom is 1.00 e. The number of fused-ring (bicyclic) bond motifs is 5. The molecule has 4 rings (SSSR count). The average molecular weight is 641 g/mol. The van der Waals surface area contributed by atoms with Crippen molar-refractivity contribution in [3.8, 4) is 0 Å². The number of aliphatic hydroxyl groups excluding tert-OH is 2. The smallest absolute Gasteiger partial charge is 0.726 e. The molecule has 4 aliphatic carbocycles. The first-order chi connectivity index (χ1) is 18.0. The minimum absolute atomic E-state index is 0. The number of hydrogen-bond acceptors (Lipinski definition) is 10. The molecule has 2 N–H and O–H groups in total. The summed E-state index contributed by atoms with van der Waals surface area (Å²) in [5, 5.41) is 22.8. The van der Waals surface area contributed by atoms with Gasteiger partial charge in [-0.2, -0.15) is 0 Å². The van der Waals surface area contributed by atoms with Gasteiger partial charge in [-0.05, 0) is 104 Å². The Morgan fingerprint density at radius 3 is 2.10 bits per heavy atom. The van der Waals surface area contributed by atoms with Crippen LogP contribution in [0.5, 0.6) is 0 Å². The van der Waals surface area contributed by atoms with Crippen molar-refractivity contribution < 1.29 is 104 Å². The third-order valence-corrected chi connectivity index (χ3v) is 12.2. The van der Waals surface area contributed by atoms with E-state index in [2.05, 4.69) is 27.7 Å². The minimum Gasteiger partial charge on any atom is -0.726 e. The molecule has 10 nitrogen and oxygen atoms in total. The molecular weight excluding hydrogens is 594 g/mol. The summed E-state index contributed by atoms with van der Waals surface area (Å²) < 4.78 is 77.2. The van der Waals surface area contributed by atoms with Crippen LogP contribution in [-0.2, 0) is 29.2 Å². The number of aliphatic hydroxyl groups is 2. The molecule has 0 aromatic carbocycles. The Morgan fingerprint density at radius 2 is 1.51 bits per heavy atom. The first kappa shape index (κ1) is 38.8. The zero-order valence-corrected chi connectivity index (χ0v) is 31.2. The van der Waals surface area contributed by atoms with Gasteiger partial charge in [0.1, 0.15) is 6.10 Å². The summed E-state index contributed by atoms with van der Waals surface area (Å²) in [4.78, 5) is 0. The first-order valence-electron chi connectivity index (χ1n) is 14.6. The van der Waals surface area contributed by atoms with Gasteiger partial charge in [-0.15, -0.1) is 0 Å². The van der Waals surface area contributed by atoms with Crippen LogP contribution in [0, 0.1) is 52.3 Å². The Labute approximate surface area is 291 Å². The molecule has 41 heavy (non-hydrogen) atoms. The van der Waals surface area contributed by atoms with Gasteiger partial charge in [0.25, 0.3) is 0 Å². The van der Waals surface area contributed by atoms with Crippen LogP contribution in [0.4, 0.5) is 0 Å². The predicted octanol–water partition coefficient (Wildman–Crippen LogP) is -2.64. The van der Waals surface area contributed by atoms with Gasteiger partial charge in [-0.1, -0.05) is 40.5 Å². The normalized spacial score (nSPS) is 41.4. The molecule has 0 aromatic heterocycles. The topological polar surface area (TPSA) is 173 Å². The maximum absolute atomic E-state index is 11.7. The van der Waals surface area contributed by atoms with E-state index in [4.69, 9.17) is 8.37 Å². The van der Waals surface area contributed by atoms with Crippen LogP contribution < -0.4 is 59.1 Å². The van der Waals surface area contributed by atoms with Crippen LogP contribution in [-0.4, -0.2) is 61.1 Å². The molecule has 0 aromatic rings. The largest absolute Gasteiger partial charge is 1.00 e. The SMILES string of the molecule is CC(C)CCC[C@@H](COS(=O)(=O)[O-])[C@H]1CC[C@H]2[C@@H]3CC[C@@H]4[C@H](O)[C@H](OS(=O)(=O)[O-])CC[C@]4(C)[C@H]3[C@@H](O)C[C@]12C.[Na+].[Na+]. The summed E-state index contributed by atoms with van der Waals surface area (Å²) in [5.41, 5.74) is -0.665. The first-order valence-corrected chi connectivity index (χ1v) is 17.2. The fraction of sp³-hybridized carbons (Fsp3) is 1.00. The summed E-state index contributed by atoms with van der Waals surface area (Å²) in [5.74, 6) is 0.687. The number of rotatable bonds is 10. The second-order valence-electron chi connectivity index (χ2n) is 13.8. The van der Waals surface area contributed by atoms with Crippen LogP contribution in [0.2, 0.25) is 0 Å². The quantitative estimate of drug-likeness (QED) is 0.146. The van der Waals surface area contributed by atoms with E-state index in [1.54, 1.807) is 0 Å². The summed E-state index contributed by atoms with van der Waals surface area (Å²) in [6.07, 6.45) is 4.45. The van der Waals surface area contributed by atoms with E-state index >= 15 is 0 Å². The van der Waals surface area contributed by atoms with Crippen LogP contribution in [0.25, 0.3) is 0 Å². The van der Waals surface area contributed by atoms with Crippen LogP contribution in [0.3, 0.4) is 0 Å². The molecule has 0 radical (unpaired) electrons. The zero-order valence-electron chi connectivity index (χ0n) is 25.5. The second-order valence-corrected chi connectivity index (χ2v) is 15.9. The molecule has 4 aliphatic rings. The average Bonchev–Trinajstić information content (AvgIpc) is 3.12. The Bertz CT molecular complexity index is 1090. The fourth-order valence-corrected chi connectivity index (χ4v) is 10.7. The second kappa shape index (κ2) is 14.6. The van der Waals surface area contributed by atoms with Crippen molar-refractivity contribution in [2.24, 2.45) is 52.3 Å². The molecular formula is C27H46Na2O10S2. The maximum atomic E-state index is 11.7. The van der Waals surface area contributed by atoms with Crippen molar-refractivity contribution >= 4 is 20.8 Å². The van der Waals surface area contributed by atoms with Gasteiger partial charge >= 0.3 is 59.1 Å². The molecule has 0 saturated heterocycles. The Balaban J connectivity index is 0.00000294. The molecule has 228 valence electrons. The van der Waals surface area contributed by atoms with Crippen LogP contribution >= 0.6 is 0 Å². The fourth-order valence-electron chi connectivity index (χ4n) is 9.86. The molecule has 11 atom stereocenters. The zero-order chi connectivity index (χ0) is 29.0. The van der Waals surface area contributed by atoms with Crippen molar-refractivity contribution in [3.05, 3.63) is 0 Å². The standard InChI is InChI=1S/C27H48O10S2.2Na/c1-16(2)6-5-7-17(15-36-38(30,31)32)19-10-11-20-18-8-9-21-25(29)23(37-39(33,34)35)12-13-26(21,3)24(18)22(28)14-27(19,20)4;;/h16-25,28-29H,5-15H2,1-4H3,(H,30,31,32)(H,33,34,35);;/q;2*+1/p-2/t17-,18-,19+,20-,21+,22-,23+,24+,25-,26-,27+;;/m0../s1. The number of hydrogen-bond donors (Lipinski definition) is 2.